The molecule has 1 atom stereocenters. The molecular formula is C43H48P2. The van der Waals surface area contributed by atoms with Gasteiger partial charge in [0.25, 0.3) is 0 Å². The van der Waals surface area contributed by atoms with E-state index in [-0.39, 0.29) is 10.8 Å². The SMILES string of the molecule is C=C(C)P(C(=C)C)c1ccc2ccccc2c1-c1c(P(C(=C)C)c2cc(C(C)(C)C)cc(C(C)(C)C)c2)ccc2ccccc12. The van der Waals surface area contributed by atoms with Crippen LogP contribution in [0.4, 0.5) is 0 Å². The van der Waals surface area contributed by atoms with E-state index < -0.39 is 15.8 Å². The minimum Gasteiger partial charge on any atom is -0.0950 e. The molecule has 5 aromatic rings. The number of hydrogen-bond acceptors (Lipinski definition) is 0. The van der Waals surface area contributed by atoms with E-state index in [1.54, 1.807) is 0 Å². The van der Waals surface area contributed by atoms with Gasteiger partial charge >= 0.3 is 0 Å². The Morgan fingerprint density at radius 3 is 1.36 bits per heavy atom. The summed E-state index contributed by atoms with van der Waals surface area (Å²) in [4.78, 5) is 0. The van der Waals surface area contributed by atoms with Crippen LogP contribution in [0.3, 0.4) is 0 Å². The third-order valence-corrected chi connectivity index (χ3v) is 13.4. The van der Waals surface area contributed by atoms with Crippen LogP contribution < -0.4 is 15.9 Å². The van der Waals surface area contributed by atoms with E-state index in [1.807, 2.05) is 0 Å². The van der Waals surface area contributed by atoms with Crippen molar-refractivity contribution in [2.75, 3.05) is 0 Å². The first kappa shape index (κ1) is 33.1. The van der Waals surface area contributed by atoms with Crippen LogP contribution in [0.2, 0.25) is 0 Å². The van der Waals surface area contributed by atoms with Gasteiger partial charge in [0.15, 0.2) is 0 Å². The van der Waals surface area contributed by atoms with Gasteiger partial charge in [-0.1, -0.05) is 152 Å². The largest absolute Gasteiger partial charge is 0.0950 e. The molecule has 45 heavy (non-hydrogen) atoms. The van der Waals surface area contributed by atoms with Crippen molar-refractivity contribution in [3.05, 3.63) is 138 Å². The zero-order valence-electron chi connectivity index (χ0n) is 28.7. The number of fused-ring (bicyclic) bond motifs is 2. The molecule has 0 bridgehead atoms. The van der Waals surface area contributed by atoms with Gasteiger partial charge in [0.05, 0.1) is 0 Å². The van der Waals surface area contributed by atoms with Crippen LogP contribution in [0.5, 0.6) is 0 Å². The predicted octanol–water partition coefficient (Wildman–Crippen LogP) is 12.4. The Morgan fingerprint density at radius 1 is 0.511 bits per heavy atom. The van der Waals surface area contributed by atoms with Gasteiger partial charge in [0.2, 0.25) is 0 Å². The average Bonchev–Trinajstić information content (AvgIpc) is 2.96. The van der Waals surface area contributed by atoms with Gasteiger partial charge in [-0.05, 0) is 123 Å². The molecule has 0 saturated heterocycles. The van der Waals surface area contributed by atoms with E-state index in [2.05, 4.69) is 173 Å². The lowest BCUT2D eigenvalue weighted by Crippen LogP contribution is -2.23. The fraction of sp³-hybridized carbons (Fsp3) is 0.256. The summed E-state index contributed by atoms with van der Waals surface area (Å²) >= 11 is 0. The highest BCUT2D eigenvalue weighted by atomic mass is 31.1. The van der Waals surface area contributed by atoms with E-state index in [4.69, 9.17) is 0 Å². The first-order valence-corrected chi connectivity index (χ1v) is 18.5. The molecule has 0 heterocycles. The van der Waals surface area contributed by atoms with Crippen molar-refractivity contribution in [1.82, 2.24) is 0 Å². The maximum absolute atomic E-state index is 4.69. The summed E-state index contributed by atoms with van der Waals surface area (Å²) in [7, 11) is -1.70. The molecule has 1 unspecified atom stereocenters. The van der Waals surface area contributed by atoms with Crippen molar-refractivity contribution in [1.29, 1.82) is 0 Å². The molecule has 0 aromatic heterocycles. The minimum absolute atomic E-state index is 0.0277. The third-order valence-electron chi connectivity index (χ3n) is 8.60. The standard InChI is InChI=1S/C43H48P2/c1-28(2)44(29(3)4)38-23-21-31-17-13-15-19-36(31)40(38)41-37-20-16-14-18-32(37)22-24-39(41)45(30(5)6)35-26-33(42(7,8)9)25-34(27-35)43(10,11)12/h13-27H,1,3,5H2,2,4,6-12H3. The Kier molecular flexibility index (Phi) is 9.17. The van der Waals surface area contributed by atoms with Crippen molar-refractivity contribution in [3.8, 4) is 11.1 Å². The number of benzene rings is 5. The van der Waals surface area contributed by atoms with Crippen LogP contribution in [0, 0.1) is 0 Å². The van der Waals surface area contributed by atoms with Crippen LogP contribution in [0.25, 0.3) is 32.7 Å². The average molecular weight is 627 g/mol. The van der Waals surface area contributed by atoms with Gasteiger partial charge in [-0.3, -0.25) is 0 Å². The molecule has 0 fully saturated rings. The van der Waals surface area contributed by atoms with Crippen LogP contribution >= 0.6 is 15.8 Å². The van der Waals surface area contributed by atoms with Crippen molar-refractivity contribution in [2.45, 2.75) is 73.1 Å². The maximum Gasteiger partial charge on any atom is -0.000895 e. The highest BCUT2D eigenvalue weighted by Gasteiger charge is 2.29. The van der Waals surface area contributed by atoms with Crippen LogP contribution in [-0.4, -0.2) is 0 Å². The van der Waals surface area contributed by atoms with Crippen molar-refractivity contribution in [2.24, 2.45) is 0 Å². The maximum atomic E-state index is 4.69. The molecule has 0 amide bonds. The summed E-state index contributed by atoms with van der Waals surface area (Å²) in [6, 6.07) is 34.4. The second kappa shape index (κ2) is 12.5. The topological polar surface area (TPSA) is 0 Å². The molecule has 0 aliphatic rings. The van der Waals surface area contributed by atoms with E-state index in [9.17, 15) is 0 Å². The normalized spacial score (nSPS) is 12.9. The lowest BCUT2D eigenvalue weighted by atomic mass is 9.81. The van der Waals surface area contributed by atoms with Crippen molar-refractivity contribution >= 4 is 53.3 Å². The van der Waals surface area contributed by atoms with Crippen LogP contribution in [0.1, 0.15) is 73.4 Å². The van der Waals surface area contributed by atoms with Gasteiger partial charge in [-0.15, -0.1) is 0 Å². The zero-order chi connectivity index (χ0) is 32.8. The lowest BCUT2D eigenvalue weighted by Gasteiger charge is -2.31. The molecule has 5 aromatic carbocycles. The predicted molar refractivity (Wildman–Crippen MR) is 208 cm³/mol. The lowest BCUT2D eigenvalue weighted by molar-refractivity contribution is 0.569. The van der Waals surface area contributed by atoms with Crippen LogP contribution in [-0.2, 0) is 10.8 Å². The zero-order valence-corrected chi connectivity index (χ0v) is 30.5. The Hall–Kier alpha value is -3.30. The molecule has 230 valence electrons. The molecule has 0 spiro atoms. The molecular weight excluding hydrogens is 578 g/mol. The fourth-order valence-corrected chi connectivity index (χ4v) is 10.8. The van der Waals surface area contributed by atoms with Gasteiger partial charge in [0, 0.05) is 0 Å². The van der Waals surface area contributed by atoms with Crippen molar-refractivity contribution < 1.29 is 0 Å². The Bertz CT molecular complexity index is 1910. The molecule has 0 radical (unpaired) electrons. The first-order valence-electron chi connectivity index (χ1n) is 15.9. The van der Waals surface area contributed by atoms with E-state index in [1.165, 1.54) is 75.7 Å². The summed E-state index contributed by atoms with van der Waals surface area (Å²) in [5, 5.41) is 12.7. The summed E-state index contributed by atoms with van der Waals surface area (Å²) < 4.78 is 0. The third kappa shape index (κ3) is 6.52. The molecule has 0 nitrogen and oxygen atoms in total. The monoisotopic (exact) mass is 626 g/mol. The van der Waals surface area contributed by atoms with E-state index in [0.29, 0.717) is 0 Å². The summed E-state index contributed by atoms with van der Waals surface area (Å²) in [5.41, 5.74) is 5.44. The van der Waals surface area contributed by atoms with Gasteiger partial charge in [0.1, 0.15) is 0 Å². The molecule has 0 saturated carbocycles. The minimum atomic E-state index is -0.904. The molecule has 0 aliphatic heterocycles. The van der Waals surface area contributed by atoms with E-state index >= 15 is 0 Å². The summed E-state index contributed by atoms with van der Waals surface area (Å²) in [5.74, 6) is 0. The quantitative estimate of drug-likeness (QED) is 0.158. The number of allylic oxidation sites excluding steroid dienone is 3. The fourth-order valence-electron chi connectivity index (χ4n) is 6.33. The molecule has 0 N–H and O–H groups in total. The molecule has 0 aliphatic carbocycles. The molecule has 5 rings (SSSR count). The highest BCUT2D eigenvalue weighted by molar-refractivity contribution is 7.77. The summed E-state index contributed by atoms with van der Waals surface area (Å²) in [6.07, 6.45) is 0. The second-order valence-electron chi connectivity index (χ2n) is 14.5. The number of hydrogen-bond donors (Lipinski definition) is 0. The van der Waals surface area contributed by atoms with Crippen LogP contribution in [0.15, 0.2) is 127 Å². The van der Waals surface area contributed by atoms with Gasteiger partial charge in [-0.2, -0.15) is 0 Å². The second-order valence-corrected chi connectivity index (χ2v) is 19.6. The highest BCUT2D eigenvalue weighted by Crippen LogP contribution is 2.54. The van der Waals surface area contributed by atoms with E-state index in [0.717, 1.165) is 0 Å². The smallest absolute Gasteiger partial charge is 0.000895 e. The van der Waals surface area contributed by atoms with Gasteiger partial charge < -0.3 is 0 Å². The first-order chi connectivity index (χ1) is 21.1. The number of rotatable bonds is 7. The summed E-state index contributed by atoms with van der Waals surface area (Å²) in [6.45, 7) is 34.1. The molecule has 2 heteroatoms. The Labute approximate surface area is 274 Å². The van der Waals surface area contributed by atoms with Crippen molar-refractivity contribution in [3.63, 3.8) is 0 Å². The Balaban J connectivity index is 1.97. The van der Waals surface area contributed by atoms with Gasteiger partial charge in [-0.25, -0.2) is 0 Å². The Morgan fingerprint density at radius 2 is 0.933 bits per heavy atom.